The lowest BCUT2D eigenvalue weighted by atomic mass is 9.95. The van der Waals surface area contributed by atoms with Gasteiger partial charge in [0.25, 0.3) is 5.91 Å². The number of amides is 1. The van der Waals surface area contributed by atoms with E-state index in [1.165, 1.54) is 31.4 Å². The normalized spacial score (nSPS) is 17.1. The summed E-state index contributed by atoms with van der Waals surface area (Å²) < 4.78 is 40.3. The average Bonchev–Trinajstić information content (AvgIpc) is 2.68. The molecule has 1 fully saturated rings. The molecule has 2 aromatic carbocycles. The van der Waals surface area contributed by atoms with Gasteiger partial charge in [0.05, 0.1) is 17.3 Å². The minimum Gasteiger partial charge on any atom is -0.330 e. The fourth-order valence-corrected chi connectivity index (χ4v) is 4.21. The molecule has 1 aliphatic carbocycles. The van der Waals surface area contributed by atoms with Crippen LogP contribution in [0.1, 0.15) is 62.1 Å². The summed E-state index contributed by atoms with van der Waals surface area (Å²) in [6.45, 7) is 0. The van der Waals surface area contributed by atoms with Gasteiger partial charge >= 0.3 is 6.18 Å². The summed E-state index contributed by atoms with van der Waals surface area (Å²) in [7, 11) is 0. The van der Waals surface area contributed by atoms with E-state index in [0.29, 0.717) is 0 Å². The Morgan fingerprint density at radius 2 is 1.63 bits per heavy atom. The second-order valence-corrected chi connectivity index (χ2v) is 8.30. The van der Waals surface area contributed by atoms with Crippen molar-refractivity contribution in [3.8, 4) is 0 Å². The summed E-state index contributed by atoms with van der Waals surface area (Å²) in [5.74, 6) is -0.462. The fourth-order valence-electron chi connectivity index (χ4n) is 4.03. The lowest BCUT2D eigenvalue weighted by Gasteiger charge is -2.24. The first kappa shape index (κ1) is 22.6. The van der Waals surface area contributed by atoms with Crippen LogP contribution in [0.15, 0.2) is 48.5 Å². The van der Waals surface area contributed by atoms with Gasteiger partial charge in [0, 0.05) is 10.6 Å². The third-order valence-corrected chi connectivity index (χ3v) is 5.84. The third-order valence-electron chi connectivity index (χ3n) is 5.60. The van der Waals surface area contributed by atoms with Gasteiger partial charge in [0.1, 0.15) is 0 Å². The monoisotopic (exact) mass is 439 g/mol. The van der Waals surface area contributed by atoms with Crippen molar-refractivity contribution in [2.24, 2.45) is 0 Å². The molecule has 0 spiro atoms. The number of alkyl halides is 3. The topological polar surface area (TPSA) is 45.7 Å². The number of nitrogens with two attached hydrogens (primary N) is 1. The molecule has 0 aromatic heterocycles. The highest BCUT2D eigenvalue weighted by atomic mass is 35.5. The number of rotatable bonds is 5. The van der Waals surface area contributed by atoms with E-state index in [4.69, 9.17) is 11.6 Å². The molecule has 1 saturated carbocycles. The van der Waals surface area contributed by atoms with Crippen molar-refractivity contribution in [2.75, 3.05) is 5.32 Å². The van der Waals surface area contributed by atoms with E-state index in [2.05, 4.69) is 5.32 Å². The van der Waals surface area contributed by atoms with Crippen LogP contribution in [0.2, 0.25) is 5.02 Å². The molecular weight excluding hydrogens is 413 g/mol. The smallest absolute Gasteiger partial charge is 0.330 e. The molecule has 1 atom stereocenters. The van der Waals surface area contributed by atoms with Gasteiger partial charge in [0.2, 0.25) is 0 Å². The molecule has 0 aliphatic heterocycles. The minimum absolute atomic E-state index is 0.0268. The van der Waals surface area contributed by atoms with Crippen molar-refractivity contribution in [3.63, 3.8) is 0 Å². The number of carbonyl (C=O) groups is 1. The van der Waals surface area contributed by atoms with E-state index in [9.17, 15) is 18.0 Å². The van der Waals surface area contributed by atoms with Crippen LogP contribution in [-0.4, -0.2) is 11.9 Å². The lowest BCUT2D eigenvalue weighted by molar-refractivity contribution is -0.716. The second-order valence-electron chi connectivity index (χ2n) is 7.86. The molecule has 1 aliphatic rings. The van der Waals surface area contributed by atoms with Crippen molar-refractivity contribution in [3.05, 3.63) is 64.7 Å². The maximum Gasteiger partial charge on any atom is 0.418 e. The SMILES string of the molecule is O=C(Nc1ccc(Cl)cc1C(F)(F)F)[C@@H]([NH2+]C1CCCCCCC1)c1ccccc1. The Morgan fingerprint density at radius 1 is 1.00 bits per heavy atom. The Hall–Kier alpha value is -2.05. The molecule has 3 rings (SSSR count). The van der Waals surface area contributed by atoms with Crippen LogP contribution >= 0.6 is 11.6 Å². The van der Waals surface area contributed by atoms with Crippen LogP contribution in [0.4, 0.5) is 18.9 Å². The van der Waals surface area contributed by atoms with Crippen molar-refractivity contribution >= 4 is 23.2 Å². The first-order valence-corrected chi connectivity index (χ1v) is 10.8. The Balaban J connectivity index is 1.84. The molecule has 0 saturated heterocycles. The number of hydrogen-bond acceptors (Lipinski definition) is 1. The van der Waals surface area contributed by atoms with Crippen LogP contribution in [0.3, 0.4) is 0 Å². The van der Waals surface area contributed by atoms with E-state index in [0.717, 1.165) is 37.3 Å². The van der Waals surface area contributed by atoms with E-state index in [1.807, 2.05) is 35.6 Å². The lowest BCUT2D eigenvalue weighted by Crippen LogP contribution is -2.92. The highest BCUT2D eigenvalue weighted by molar-refractivity contribution is 6.30. The van der Waals surface area contributed by atoms with Crippen LogP contribution in [0.25, 0.3) is 0 Å². The maximum absolute atomic E-state index is 13.4. The van der Waals surface area contributed by atoms with E-state index >= 15 is 0 Å². The van der Waals surface area contributed by atoms with Gasteiger partial charge in [-0.2, -0.15) is 13.2 Å². The van der Waals surface area contributed by atoms with E-state index in [-0.39, 0.29) is 16.8 Å². The van der Waals surface area contributed by atoms with Gasteiger partial charge in [-0.25, -0.2) is 0 Å². The van der Waals surface area contributed by atoms with Crippen LogP contribution in [0, 0.1) is 0 Å². The molecule has 0 heterocycles. The quantitative estimate of drug-likeness (QED) is 0.615. The van der Waals surface area contributed by atoms with Crippen molar-refractivity contribution in [1.29, 1.82) is 0 Å². The Morgan fingerprint density at radius 3 is 2.27 bits per heavy atom. The van der Waals surface area contributed by atoms with Crippen LogP contribution in [-0.2, 0) is 11.0 Å². The minimum atomic E-state index is -4.61. The van der Waals surface area contributed by atoms with Gasteiger partial charge in [0.15, 0.2) is 6.04 Å². The number of hydrogen-bond donors (Lipinski definition) is 2. The first-order valence-electron chi connectivity index (χ1n) is 10.4. The van der Waals surface area contributed by atoms with Gasteiger partial charge < -0.3 is 10.6 Å². The molecule has 0 radical (unpaired) electrons. The molecule has 30 heavy (non-hydrogen) atoms. The highest BCUT2D eigenvalue weighted by Gasteiger charge is 2.36. The summed E-state index contributed by atoms with van der Waals surface area (Å²) in [6.07, 6.45) is 3.24. The zero-order valence-electron chi connectivity index (χ0n) is 16.7. The number of carbonyl (C=O) groups excluding carboxylic acids is 1. The largest absolute Gasteiger partial charge is 0.418 e. The highest BCUT2D eigenvalue weighted by Crippen LogP contribution is 2.36. The van der Waals surface area contributed by atoms with Crippen molar-refractivity contribution in [2.45, 2.75) is 63.2 Å². The third kappa shape index (κ3) is 6.22. The number of nitrogens with one attached hydrogen (secondary N) is 1. The number of anilines is 1. The maximum atomic E-state index is 13.4. The summed E-state index contributed by atoms with van der Waals surface area (Å²) >= 11 is 5.76. The summed E-state index contributed by atoms with van der Waals surface area (Å²) in [5, 5.41) is 4.51. The molecule has 3 N–H and O–H groups in total. The molecular formula is C23H27ClF3N2O+. The second kappa shape index (κ2) is 10.3. The van der Waals surface area contributed by atoms with Crippen molar-refractivity contribution < 1.29 is 23.3 Å². The molecule has 0 unspecified atom stereocenters. The standard InChI is InChI=1S/C23H26ClF3N2O/c24-17-13-14-20(19(15-17)23(25,26)27)29-22(30)21(16-9-5-4-6-10-16)28-18-11-7-2-1-3-8-12-18/h4-6,9-10,13-15,18,21,28H,1-3,7-8,11-12H2,(H,29,30)/p+1/t21-/m0/s1. The number of quaternary nitrogens is 1. The molecule has 1 amide bonds. The summed E-state index contributed by atoms with van der Waals surface area (Å²) in [5.41, 5.74) is -0.440. The summed E-state index contributed by atoms with van der Waals surface area (Å²) in [6, 6.07) is 12.3. The summed E-state index contributed by atoms with van der Waals surface area (Å²) in [4.78, 5) is 13.2. The predicted molar refractivity (Wildman–Crippen MR) is 112 cm³/mol. The molecule has 0 bridgehead atoms. The van der Waals surface area contributed by atoms with Gasteiger partial charge in [-0.15, -0.1) is 0 Å². The van der Waals surface area contributed by atoms with E-state index in [1.54, 1.807) is 0 Å². The average molecular weight is 440 g/mol. The van der Waals surface area contributed by atoms with Gasteiger partial charge in [-0.1, -0.05) is 61.2 Å². The Bertz CT molecular complexity index is 834. The fraction of sp³-hybridized carbons (Fsp3) is 0.435. The van der Waals surface area contributed by atoms with Gasteiger partial charge in [-0.05, 0) is 43.9 Å². The molecule has 162 valence electrons. The van der Waals surface area contributed by atoms with Crippen LogP contribution in [0.5, 0.6) is 0 Å². The van der Waals surface area contributed by atoms with Gasteiger partial charge in [-0.3, -0.25) is 4.79 Å². The number of halogens is 4. The predicted octanol–water partition coefficient (Wildman–Crippen LogP) is 5.71. The number of benzene rings is 2. The zero-order chi connectivity index (χ0) is 21.6. The van der Waals surface area contributed by atoms with Crippen LogP contribution < -0.4 is 10.6 Å². The van der Waals surface area contributed by atoms with E-state index < -0.39 is 23.7 Å². The Labute approximate surface area is 180 Å². The first-order chi connectivity index (χ1) is 14.3. The Kier molecular flexibility index (Phi) is 7.78. The molecule has 7 heteroatoms. The van der Waals surface area contributed by atoms with Crippen molar-refractivity contribution in [1.82, 2.24) is 0 Å². The molecule has 3 nitrogen and oxygen atoms in total. The molecule has 2 aromatic rings. The zero-order valence-corrected chi connectivity index (χ0v) is 17.5.